The number of fused-ring (bicyclic) bond motifs is 1. The standard InChI is InChI=1S/C12H9BrN4O/c13-10-6-17-11(14-8-15-17)12(16-10)18-7-9-4-2-1-3-5-9/h1-6,8H,7H2. The maximum absolute atomic E-state index is 5.68. The van der Waals surface area contributed by atoms with Gasteiger partial charge in [0.15, 0.2) is 0 Å². The fraction of sp³-hybridized carbons (Fsp3) is 0.0833. The second kappa shape index (κ2) is 4.73. The summed E-state index contributed by atoms with van der Waals surface area (Å²) in [5.41, 5.74) is 1.69. The molecule has 0 bridgehead atoms. The molecular weight excluding hydrogens is 296 g/mol. The summed E-state index contributed by atoms with van der Waals surface area (Å²) in [5, 5.41) is 4.05. The highest BCUT2D eigenvalue weighted by Gasteiger charge is 2.08. The molecule has 0 atom stereocenters. The zero-order valence-corrected chi connectivity index (χ0v) is 10.9. The summed E-state index contributed by atoms with van der Waals surface area (Å²) >= 11 is 3.31. The van der Waals surface area contributed by atoms with Crippen molar-refractivity contribution in [2.45, 2.75) is 6.61 Å². The lowest BCUT2D eigenvalue weighted by Crippen LogP contribution is -2.01. The van der Waals surface area contributed by atoms with Gasteiger partial charge in [-0.2, -0.15) is 5.10 Å². The minimum absolute atomic E-state index is 0.451. The molecular formula is C12H9BrN4O. The molecule has 1 aromatic carbocycles. The summed E-state index contributed by atoms with van der Waals surface area (Å²) < 4.78 is 7.96. The molecule has 18 heavy (non-hydrogen) atoms. The third-order valence-corrected chi connectivity index (χ3v) is 2.80. The Balaban J connectivity index is 1.88. The predicted molar refractivity (Wildman–Crippen MR) is 69.3 cm³/mol. The van der Waals surface area contributed by atoms with Crippen molar-refractivity contribution in [3.63, 3.8) is 0 Å². The molecule has 2 heterocycles. The average molecular weight is 305 g/mol. The van der Waals surface area contributed by atoms with Crippen LogP contribution in [0, 0.1) is 0 Å². The summed E-state index contributed by atoms with van der Waals surface area (Å²) in [5.74, 6) is 0.464. The number of aromatic nitrogens is 4. The van der Waals surface area contributed by atoms with E-state index in [0.717, 1.165) is 5.56 Å². The highest BCUT2D eigenvalue weighted by atomic mass is 79.9. The Morgan fingerprint density at radius 1 is 1.22 bits per heavy atom. The molecule has 5 nitrogen and oxygen atoms in total. The molecule has 0 aliphatic rings. The van der Waals surface area contributed by atoms with Crippen LogP contribution < -0.4 is 4.74 Å². The molecule has 0 aliphatic heterocycles. The van der Waals surface area contributed by atoms with Crippen LogP contribution in [0.1, 0.15) is 5.56 Å². The lowest BCUT2D eigenvalue weighted by Gasteiger charge is -2.06. The number of benzene rings is 1. The minimum Gasteiger partial charge on any atom is -0.470 e. The van der Waals surface area contributed by atoms with E-state index in [1.165, 1.54) is 6.33 Å². The second-order valence-corrected chi connectivity index (χ2v) is 4.48. The van der Waals surface area contributed by atoms with Crippen molar-refractivity contribution >= 4 is 21.6 Å². The molecule has 0 unspecified atom stereocenters. The molecule has 0 saturated heterocycles. The van der Waals surface area contributed by atoms with E-state index in [-0.39, 0.29) is 0 Å². The average Bonchev–Trinajstić information content (AvgIpc) is 2.85. The van der Waals surface area contributed by atoms with E-state index in [9.17, 15) is 0 Å². The SMILES string of the molecule is Brc1cn2ncnc2c(OCc2ccccc2)n1. The third kappa shape index (κ3) is 2.19. The van der Waals surface area contributed by atoms with E-state index < -0.39 is 0 Å². The van der Waals surface area contributed by atoms with Crippen LogP contribution in [-0.4, -0.2) is 19.6 Å². The number of ether oxygens (including phenoxy) is 1. The summed E-state index contributed by atoms with van der Waals surface area (Å²) in [6.45, 7) is 0.451. The smallest absolute Gasteiger partial charge is 0.261 e. The van der Waals surface area contributed by atoms with Gasteiger partial charge in [0.25, 0.3) is 5.88 Å². The molecule has 0 amide bonds. The Morgan fingerprint density at radius 3 is 2.89 bits per heavy atom. The van der Waals surface area contributed by atoms with Gasteiger partial charge in [-0.25, -0.2) is 14.5 Å². The van der Waals surface area contributed by atoms with Gasteiger partial charge in [-0.15, -0.1) is 0 Å². The number of hydrogen-bond acceptors (Lipinski definition) is 4. The van der Waals surface area contributed by atoms with E-state index >= 15 is 0 Å². The molecule has 0 saturated carbocycles. The highest BCUT2D eigenvalue weighted by Crippen LogP contribution is 2.19. The van der Waals surface area contributed by atoms with E-state index in [1.54, 1.807) is 10.7 Å². The van der Waals surface area contributed by atoms with Gasteiger partial charge in [-0.05, 0) is 21.5 Å². The predicted octanol–water partition coefficient (Wildman–Crippen LogP) is 2.47. The Morgan fingerprint density at radius 2 is 2.06 bits per heavy atom. The van der Waals surface area contributed by atoms with E-state index in [4.69, 9.17) is 4.74 Å². The lowest BCUT2D eigenvalue weighted by molar-refractivity contribution is 0.295. The largest absolute Gasteiger partial charge is 0.470 e. The fourth-order valence-corrected chi connectivity index (χ4v) is 1.95. The normalized spacial score (nSPS) is 10.7. The van der Waals surface area contributed by atoms with Crippen LogP contribution in [0.5, 0.6) is 5.88 Å². The number of halogens is 1. The van der Waals surface area contributed by atoms with Gasteiger partial charge in [0.1, 0.15) is 17.5 Å². The molecule has 0 fully saturated rings. The van der Waals surface area contributed by atoms with Crippen LogP contribution in [0.4, 0.5) is 0 Å². The molecule has 3 aromatic rings. The quantitative estimate of drug-likeness (QED) is 0.746. The Bertz CT molecular complexity index is 668. The molecule has 2 aromatic heterocycles. The maximum atomic E-state index is 5.68. The topological polar surface area (TPSA) is 52.3 Å². The third-order valence-electron chi connectivity index (χ3n) is 2.42. The first-order valence-corrected chi connectivity index (χ1v) is 6.15. The number of rotatable bonds is 3. The molecule has 0 N–H and O–H groups in total. The Labute approximate surface area is 112 Å². The van der Waals surface area contributed by atoms with Crippen molar-refractivity contribution in [3.8, 4) is 5.88 Å². The van der Waals surface area contributed by atoms with E-state index in [1.807, 2.05) is 30.3 Å². The zero-order valence-electron chi connectivity index (χ0n) is 9.32. The Hall–Kier alpha value is -1.95. The monoisotopic (exact) mass is 304 g/mol. The van der Waals surface area contributed by atoms with Gasteiger partial charge in [-0.1, -0.05) is 30.3 Å². The van der Waals surface area contributed by atoms with Crippen LogP contribution in [0.25, 0.3) is 5.65 Å². The number of hydrogen-bond donors (Lipinski definition) is 0. The van der Waals surface area contributed by atoms with Crippen molar-refractivity contribution in [2.75, 3.05) is 0 Å². The van der Waals surface area contributed by atoms with Gasteiger partial charge < -0.3 is 4.74 Å². The van der Waals surface area contributed by atoms with Crippen molar-refractivity contribution in [1.82, 2.24) is 19.6 Å². The van der Waals surface area contributed by atoms with Crippen LogP contribution in [-0.2, 0) is 6.61 Å². The van der Waals surface area contributed by atoms with Crippen LogP contribution >= 0.6 is 15.9 Å². The lowest BCUT2D eigenvalue weighted by atomic mass is 10.2. The van der Waals surface area contributed by atoms with E-state index in [2.05, 4.69) is 31.0 Å². The van der Waals surface area contributed by atoms with Crippen LogP contribution in [0.15, 0.2) is 47.5 Å². The van der Waals surface area contributed by atoms with Crippen molar-refractivity contribution < 1.29 is 4.74 Å². The first kappa shape index (κ1) is 11.2. The summed E-state index contributed by atoms with van der Waals surface area (Å²) in [7, 11) is 0. The molecule has 0 radical (unpaired) electrons. The van der Waals surface area contributed by atoms with Crippen molar-refractivity contribution in [1.29, 1.82) is 0 Å². The first-order valence-electron chi connectivity index (χ1n) is 5.35. The molecule has 0 aliphatic carbocycles. The molecule has 90 valence electrons. The van der Waals surface area contributed by atoms with E-state index in [0.29, 0.717) is 22.7 Å². The molecule has 3 rings (SSSR count). The fourth-order valence-electron chi connectivity index (χ4n) is 1.60. The van der Waals surface area contributed by atoms with Gasteiger partial charge in [0, 0.05) is 0 Å². The van der Waals surface area contributed by atoms with Gasteiger partial charge in [-0.3, -0.25) is 0 Å². The summed E-state index contributed by atoms with van der Waals surface area (Å²) in [6, 6.07) is 9.91. The highest BCUT2D eigenvalue weighted by molar-refractivity contribution is 9.10. The minimum atomic E-state index is 0.451. The maximum Gasteiger partial charge on any atom is 0.261 e. The van der Waals surface area contributed by atoms with Crippen molar-refractivity contribution in [2.24, 2.45) is 0 Å². The molecule has 0 spiro atoms. The first-order chi connectivity index (χ1) is 8.83. The van der Waals surface area contributed by atoms with Gasteiger partial charge in [0.2, 0.25) is 5.65 Å². The Kier molecular flexibility index (Phi) is 2.93. The van der Waals surface area contributed by atoms with Gasteiger partial charge >= 0.3 is 0 Å². The summed E-state index contributed by atoms with van der Waals surface area (Å²) in [6.07, 6.45) is 3.20. The number of nitrogens with zero attached hydrogens (tertiary/aromatic N) is 4. The van der Waals surface area contributed by atoms with Gasteiger partial charge in [0.05, 0.1) is 6.20 Å². The van der Waals surface area contributed by atoms with Crippen molar-refractivity contribution in [3.05, 3.63) is 53.0 Å². The molecule has 6 heteroatoms. The van der Waals surface area contributed by atoms with Crippen LogP contribution in [0.3, 0.4) is 0 Å². The second-order valence-electron chi connectivity index (χ2n) is 3.67. The zero-order chi connectivity index (χ0) is 12.4. The van der Waals surface area contributed by atoms with Crippen LogP contribution in [0.2, 0.25) is 0 Å². The summed E-state index contributed by atoms with van der Waals surface area (Å²) in [4.78, 5) is 8.38.